The molecule has 3 rings (SSSR count). The maximum atomic E-state index is 12.3. The van der Waals surface area contributed by atoms with Gasteiger partial charge in [0.15, 0.2) is 0 Å². The Bertz CT molecular complexity index is 983. The molecule has 0 radical (unpaired) electrons. The van der Waals surface area contributed by atoms with E-state index in [2.05, 4.69) is 9.80 Å². The van der Waals surface area contributed by atoms with Crippen molar-refractivity contribution in [3.8, 4) is 0 Å². The molecule has 0 spiro atoms. The third kappa shape index (κ3) is 8.58. The van der Waals surface area contributed by atoms with E-state index in [1.165, 1.54) is 7.11 Å². The van der Waals surface area contributed by atoms with Crippen molar-refractivity contribution in [2.75, 3.05) is 57.8 Å². The first-order valence-corrected chi connectivity index (χ1v) is 12.0. The van der Waals surface area contributed by atoms with Gasteiger partial charge in [-0.3, -0.25) is 24.8 Å². The number of methoxy groups -OCH3 is 1. The van der Waals surface area contributed by atoms with Crippen molar-refractivity contribution in [3.05, 3.63) is 29.8 Å². The van der Waals surface area contributed by atoms with Gasteiger partial charge in [-0.2, -0.15) is 13.2 Å². The molecular formula is C24H34F3N5O6. The first kappa shape index (κ1) is 30.8. The maximum Gasteiger partial charge on any atom is 0.490 e. The fourth-order valence-corrected chi connectivity index (χ4v) is 4.84. The second-order valence-electron chi connectivity index (χ2n) is 9.25. The van der Waals surface area contributed by atoms with Crippen molar-refractivity contribution < 1.29 is 42.5 Å². The van der Waals surface area contributed by atoms with Crippen molar-refractivity contribution in [1.82, 2.24) is 9.80 Å². The Morgan fingerprint density at radius 3 is 2.11 bits per heavy atom. The number of piperazine rings is 1. The summed E-state index contributed by atoms with van der Waals surface area (Å²) in [4.78, 5) is 39.0. The highest BCUT2D eigenvalue weighted by Crippen LogP contribution is 2.30. The van der Waals surface area contributed by atoms with Gasteiger partial charge in [-0.1, -0.05) is 6.92 Å². The summed E-state index contributed by atoms with van der Waals surface area (Å²) in [7, 11) is 1.40. The molecule has 2 fully saturated rings. The zero-order valence-corrected chi connectivity index (χ0v) is 21.3. The van der Waals surface area contributed by atoms with Gasteiger partial charge in [-0.05, 0) is 30.7 Å². The summed E-state index contributed by atoms with van der Waals surface area (Å²) in [5, 5.41) is 23.8. The molecule has 38 heavy (non-hydrogen) atoms. The van der Waals surface area contributed by atoms with Crippen LogP contribution in [0.3, 0.4) is 0 Å². The number of nitrogen functional groups attached to an aromatic ring is 1. The number of anilines is 1. The van der Waals surface area contributed by atoms with Crippen LogP contribution in [-0.4, -0.2) is 109 Å². The Kier molecular flexibility index (Phi) is 10.9. The molecule has 2 heterocycles. The molecule has 212 valence electrons. The monoisotopic (exact) mass is 545 g/mol. The number of halogens is 3. The van der Waals surface area contributed by atoms with E-state index in [0.717, 1.165) is 43.9 Å². The van der Waals surface area contributed by atoms with Crippen LogP contribution in [0.5, 0.6) is 0 Å². The maximum absolute atomic E-state index is 12.3. The normalized spacial score (nSPS) is 21.6. The number of piperidine rings is 1. The van der Waals surface area contributed by atoms with Crippen LogP contribution in [0.1, 0.15) is 18.9 Å². The number of amidine groups is 1. The number of rotatable bonds is 7. The third-order valence-corrected chi connectivity index (χ3v) is 6.85. The molecule has 0 amide bonds. The first-order valence-electron chi connectivity index (χ1n) is 12.0. The minimum Gasteiger partial charge on any atom is -0.480 e. The number of nitrogens with zero attached hydrogens (tertiary/aromatic N) is 3. The van der Waals surface area contributed by atoms with Gasteiger partial charge in [0.1, 0.15) is 5.84 Å². The molecule has 11 nitrogen and oxygen atoms in total. The number of benzene rings is 1. The fraction of sp³-hybridized carbons (Fsp3) is 0.583. The predicted molar refractivity (Wildman–Crippen MR) is 132 cm³/mol. The molecule has 14 heteroatoms. The van der Waals surface area contributed by atoms with Crippen LogP contribution in [0, 0.1) is 17.2 Å². The molecule has 0 aromatic heterocycles. The molecule has 5 N–H and O–H groups in total. The van der Waals surface area contributed by atoms with Gasteiger partial charge in [-0.15, -0.1) is 0 Å². The molecule has 2 saturated heterocycles. The quantitative estimate of drug-likeness (QED) is 0.223. The number of hydrogen-bond donors (Lipinski definition) is 4. The molecule has 0 saturated carbocycles. The smallest absolute Gasteiger partial charge is 0.480 e. The second-order valence-corrected chi connectivity index (χ2v) is 9.25. The van der Waals surface area contributed by atoms with Crippen LogP contribution in [0.2, 0.25) is 0 Å². The van der Waals surface area contributed by atoms with E-state index >= 15 is 0 Å². The lowest BCUT2D eigenvalue weighted by molar-refractivity contribution is -0.192. The van der Waals surface area contributed by atoms with Crippen LogP contribution in [0.15, 0.2) is 24.3 Å². The molecule has 0 aliphatic carbocycles. The van der Waals surface area contributed by atoms with Gasteiger partial charge in [0, 0.05) is 62.5 Å². The van der Waals surface area contributed by atoms with E-state index in [-0.39, 0.29) is 36.2 Å². The zero-order chi connectivity index (χ0) is 28.6. The number of carbonyl (C=O) groups excluding carboxylic acids is 1. The number of aliphatic carboxylic acids is 2. The lowest BCUT2D eigenvalue weighted by atomic mass is 9.81. The lowest BCUT2D eigenvalue weighted by Gasteiger charge is -2.48. The van der Waals surface area contributed by atoms with Crippen LogP contribution in [0.4, 0.5) is 18.9 Å². The standard InChI is InChI=1S/C22H33N5O4.C2HF3O2/c1-15(22(30)31-2)18-13-25(14-20(28)29)8-7-19(18)27-11-9-26(10-12-27)17-5-3-16(4-6-17)21(23)24;3-2(4,5)1(6)7/h3-6,15,18-19H,7-14H2,1-2H3,(H3,23,24)(H,28,29);(H,6,7). The van der Waals surface area contributed by atoms with Gasteiger partial charge >= 0.3 is 24.1 Å². The third-order valence-electron chi connectivity index (χ3n) is 6.85. The van der Waals surface area contributed by atoms with E-state index in [9.17, 15) is 27.9 Å². The summed E-state index contributed by atoms with van der Waals surface area (Å²) in [6.07, 6.45) is -4.24. The largest absolute Gasteiger partial charge is 0.490 e. The summed E-state index contributed by atoms with van der Waals surface area (Å²) in [6, 6.07) is 7.96. The van der Waals surface area contributed by atoms with E-state index < -0.39 is 18.1 Å². The minimum absolute atomic E-state index is 0.00114. The number of alkyl halides is 3. The molecule has 3 atom stereocenters. The predicted octanol–water partition coefficient (Wildman–Crippen LogP) is 1.31. The Hall–Kier alpha value is -3.39. The highest BCUT2D eigenvalue weighted by molar-refractivity contribution is 5.95. The number of ether oxygens (including phenoxy) is 1. The van der Waals surface area contributed by atoms with Crippen LogP contribution in [-0.2, 0) is 19.1 Å². The summed E-state index contributed by atoms with van der Waals surface area (Å²) in [5.74, 6) is -4.03. The van der Waals surface area contributed by atoms with Gasteiger partial charge in [0.05, 0.1) is 19.6 Å². The average Bonchev–Trinajstić information content (AvgIpc) is 2.87. The molecule has 1 aromatic rings. The van der Waals surface area contributed by atoms with E-state index in [1.54, 1.807) is 0 Å². The zero-order valence-electron chi connectivity index (χ0n) is 21.3. The Balaban J connectivity index is 0.000000638. The van der Waals surface area contributed by atoms with Gasteiger partial charge in [0.25, 0.3) is 0 Å². The fourth-order valence-electron chi connectivity index (χ4n) is 4.84. The number of carboxylic acid groups (broad SMARTS) is 2. The van der Waals surface area contributed by atoms with Crippen molar-refractivity contribution >= 4 is 29.4 Å². The van der Waals surface area contributed by atoms with Crippen molar-refractivity contribution in [3.63, 3.8) is 0 Å². The van der Waals surface area contributed by atoms with Crippen LogP contribution in [0.25, 0.3) is 0 Å². The lowest BCUT2D eigenvalue weighted by Crippen LogP contribution is -2.59. The van der Waals surface area contributed by atoms with Crippen molar-refractivity contribution in [2.45, 2.75) is 25.6 Å². The highest BCUT2D eigenvalue weighted by atomic mass is 19.4. The highest BCUT2D eigenvalue weighted by Gasteiger charge is 2.40. The number of esters is 1. The summed E-state index contributed by atoms with van der Waals surface area (Å²) in [6.45, 7) is 6.68. The topological polar surface area (TPSA) is 160 Å². The summed E-state index contributed by atoms with van der Waals surface area (Å²) >= 11 is 0. The number of nitrogens with one attached hydrogen (secondary N) is 1. The Morgan fingerprint density at radius 2 is 1.66 bits per heavy atom. The van der Waals surface area contributed by atoms with Gasteiger partial charge in [0.2, 0.25) is 0 Å². The average molecular weight is 546 g/mol. The van der Waals surface area contributed by atoms with Crippen molar-refractivity contribution in [2.24, 2.45) is 17.6 Å². The first-order chi connectivity index (χ1) is 17.7. The molecular weight excluding hydrogens is 511 g/mol. The molecule has 3 unspecified atom stereocenters. The van der Waals surface area contributed by atoms with Gasteiger partial charge in [-0.25, -0.2) is 4.79 Å². The molecule has 2 aliphatic heterocycles. The molecule has 2 aliphatic rings. The summed E-state index contributed by atoms with van der Waals surface area (Å²) in [5.41, 5.74) is 7.37. The van der Waals surface area contributed by atoms with Crippen molar-refractivity contribution in [1.29, 1.82) is 5.41 Å². The number of nitrogens with two attached hydrogens (primary N) is 1. The van der Waals surface area contributed by atoms with Gasteiger partial charge < -0.3 is 25.6 Å². The number of likely N-dealkylation sites (tertiary alicyclic amines) is 1. The molecule has 0 bridgehead atoms. The van der Waals surface area contributed by atoms with Crippen LogP contribution < -0.4 is 10.6 Å². The Morgan fingerprint density at radius 1 is 1.11 bits per heavy atom. The SMILES string of the molecule is COC(=O)C(C)C1CN(CC(=O)O)CCC1N1CCN(c2ccc(C(=N)N)cc2)CC1.O=C(O)C(F)(F)F. The van der Waals surface area contributed by atoms with E-state index in [1.807, 2.05) is 36.1 Å². The van der Waals surface area contributed by atoms with E-state index in [4.69, 9.17) is 25.8 Å². The van der Waals surface area contributed by atoms with Crippen LogP contribution >= 0.6 is 0 Å². The van der Waals surface area contributed by atoms with E-state index in [0.29, 0.717) is 13.1 Å². The number of carbonyl (C=O) groups is 3. The number of hydrogen-bond acceptors (Lipinski definition) is 8. The molecule has 1 aromatic carbocycles. The summed E-state index contributed by atoms with van der Waals surface area (Å²) < 4.78 is 36.7. The minimum atomic E-state index is -5.08. The second kappa shape index (κ2) is 13.4. The number of carboxylic acids is 2. The Labute approximate surface area is 218 Å².